The standard InChI is InChI=1S/C16H27NO/c1-3-5-6-8-11-15(14-17)12-9-7-10-13-16(15,18)4-2/h4,18H,2-3,5-13H2,1H3/t15-,16-/m1/s1. The summed E-state index contributed by atoms with van der Waals surface area (Å²) in [6.07, 6.45) is 11.7. The van der Waals surface area contributed by atoms with Crippen molar-refractivity contribution >= 4 is 0 Å². The summed E-state index contributed by atoms with van der Waals surface area (Å²) in [5, 5.41) is 20.4. The van der Waals surface area contributed by atoms with Crippen molar-refractivity contribution in [3.8, 4) is 6.07 Å². The molecule has 102 valence electrons. The van der Waals surface area contributed by atoms with E-state index in [1.54, 1.807) is 6.08 Å². The smallest absolute Gasteiger partial charge is 0.101 e. The topological polar surface area (TPSA) is 44.0 Å². The van der Waals surface area contributed by atoms with Crippen LogP contribution in [0.5, 0.6) is 0 Å². The largest absolute Gasteiger partial charge is 0.384 e. The third kappa shape index (κ3) is 3.14. The van der Waals surface area contributed by atoms with Crippen LogP contribution in [0.1, 0.15) is 71.1 Å². The van der Waals surface area contributed by atoms with Crippen molar-refractivity contribution in [2.24, 2.45) is 5.41 Å². The first-order valence-corrected chi connectivity index (χ1v) is 7.41. The summed E-state index contributed by atoms with van der Waals surface area (Å²) in [5.41, 5.74) is -1.58. The molecule has 1 fully saturated rings. The van der Waals surface area contributed by atoms with Gasteiger partial charge < -0.3 is 5.11 Å². The van der Waals surface area contributed by atoms with Gasteiger partial charge in [0.05, 0.1) is 11.5 Å². The van der Waals surface area contributed by atoms with Crippen LogP contribution in [0.2, 0.25) is 0 Å². The van der Waals surface area contributed by atoms with Crippen LogP contribution in [0.15, 0.2) is 12.7 Å². The molecular weight excluding hydrogens is 222 g/mol. The summed E-state index contributed by atoms with van der Waals surface area (Å²) in [6.45, 7) is 5.97. The molecule has 0 aliphatic heterocycles. The molecule has 18 heavy (non-hydrogen) atoms. The number of rotatable bonds is 6. The van der Waals surface area contributed by atoms with Crippen molar-refractivity contribution in [1.29, 1.82) is 5.26 Å². The molecule has 2 heteroatoms. The lowest BCUT2D eigenvalue weighted by Gasteiger charge is -2.39. The Labute approximate surface area is 112 Å². The molecule has 1 N–H and O–H groups in total. The first kappa shape index (κ1) is 15.2. The predicted octanol–water partition coefficient (Wildman–Crippen LogP) is 4.35. The van der Waals surface area contributed by atoms with E-state index in [1.165, 1.54) is 12.8 Å². The highest BCUT2D eigenvalue weighted by Gasteiger charge is 2.48. The summed E-state index contributed by atoms with van der Waals surface area (Å²) >= 11 is 0. The van der Waals surface area contributed by atoms with Crippen LogP contribution in [0.25, 0.3) is 0 Å². The van der Waals surface area contributed by atoms with Crippen molar-refractivity contribution in [1.82, 2.24) is 0 Å². The highest BCUT2D eigenvalue weighted by molar-refractivity contribution is 5.18. The molecule has 0 saturated heterocycles. The lowest BCUT2D eigenvalue weighted by Crippen LogP contribution is -2.45. The van der Waals surface area contributed by atoms with Crippen molar-refractivity contribution in [3.05, 3.63) is 12.7 Å². The van der Waals surface area contributed by atoms with E-state index in [0.717, 1.165) is 44.9 Å². The van der Waals surface area contributed by atoms with Gasteiger partial charge in [-0.1, -0.05) is 57.9 Å². The number of hydrogen-bond acceptors (Lipinski definition) is 2. The third-order valence-corrected chi connectivity index (χ3v) is 4.50. The monoisotopic (exact) mass is 249 g/mol. The van der Waals surface area contributed by atoms with E-state index >= 15 is 0 Å². The fourth-order valence-corrected chi connectivity index (χ4v) is 3.15. The molecule has 1 aliphatic carbocycles. The van der Waals surface area contributed by atoms with Gasteiger partial charge in [0, 0.05) is 0 Å². The summed E-state index contributed by atoms with van der Waals surface area (Å²) in [7, 11) is 0. The Morgan fingerprint density at radius 2 is 1.94 bits per heavy atom. The molecule has 0 spiro atoms. The SMILES string of the molecule is C=C[C@@]1(O)CCCCC[C@@]1(C#N)CCCCCC. The second-order valence-corrected chi connectivity index (χ2v) is 5.69. The van der Waals surface area contributed by atoms with E-state index in [1.807, 2.05) is 0 Å². The molecule has 1 saturated carbocycles. The highest BCUT2D eigenvalue weighted by atomic mass is 16.3. The minimum absolute atomic E-state index is 0.598. The number of nitriles is 1. The minimum atomic E-state index is -0.982. The average Bonchev–Trinajstić information content (AvgIpc) is 2.56. The van der Waals surface area contributed by atoms with Crippen molar-refractivity contribution in [2.75, 3.05) is 0 Å². The second-order valence-electron chi connectivity index (χ2n) is 5.69. The fraction of sp³-hybridized carbons (Fsp3) is 0.812. The van der Waals surface area contributed by atoms with Gasteiger partial charge in [-0.15, -0.1) is 6.58 Å². The molecule has 0 aromatic rings. The van der Waals surface area contributed by atoms with Crippen LogP contribution in [-0.4, -0.2) is 10.7 Å². The summed E-state index contributed by atoms with van der Waals surface area (Å²) in [4.78, 5) is 0. The molecule has 0 heterocycles. The van der Waals surface area contributed by atoms with Crippen molar-refractivity contribution in [3.63, 3.8) is 0 Å². The van der Waals surface area contributed by atoms with E-state index in [9.17, 15) is 10.4 Å². The van der Waals surface area contributed by atoms with Crippen LogP contribution in [0, 0.1) is 16.7 Å². The maximum Gasteiger partial charge on any atom is 0.101 e. The molecule has 1 rings (SSSR count). The van der Waals surface area contributed by atoms with Gasteiger partial charge in [-0.05, 0) is 19.3 Å². The molecule has 0 amide bonds. The number of nitrogens with zero attached hydrogens (tertiary/aromatic N) is 1. The van der Waals surface area contributed by atoms with Gasteiger partial charge >= 0.3 is 0 Å². The normalized spacial score (nSPS) is 32.5. The average molecular weight is 249 g/mol. The molecule has 0 bridgehead atoms. The lowest BCUT2D eigenvalue weighted by molar-refractivity contribution is -0.0237. The number of hydrogen-bond donors (Lipinski definition) is 1. The fourth-order valence-electron chi connectivity index (χ4n) is 3.15. The van der Waals surface area contributed by atoms with Gasteiger partial charge in [0.2, 0.25) is 0 Å². The van der Waals surface area contributed by atoms with Crippen LogP contribution >= 0.6 is 0 Å². The van der Waals surface area contributed by atoms with Crippen LogP contribution < -0.4 is 0 Å². The Bertz CT molecular complexity index is 307. The van der Waals surface area contributed by atoms with Gasteiger partial charge in [0.15, 0.2) is 0 Å². The number of unbranched alkanes of at least 4 members (excludes halogenated alkanes) is 3. The molecule has 0 radical (unpaired) electrons. The molecule has 1 aliphatic rings. The van der Waals surface area contributed by atoms with E-state index in [4.69, 9.17) is 0 Å². The molecule has 0 aromatic carbocycles. The van der Waals surface area contributed by atoms with E-state index in [0.29, 0.717) is 6.42 Å². The minimum Gasteiger partial charge on any atom is -0.384 e. The lowest BCUT2D eigenvalue weighted by atomic mass is 9.66. The van der Waals surface area contributed by atoms with Gasteiger partial charge in [0.25, 0.3) is 0 Å². The predicted molar refractivity (Wildman–Crippen MR) is 75.0 cm³/mol. The molecule has 2 atom stereocenters. The first-order chi connectivity index (χ1) is 8.64. The Morgan fingerprint density at radius 3 is 2.56 bits per heavy atom. The highest BCUT2D eigenvalue weighted by Crippen LogP contribution is 2.46. The van der Waals surface area contributed by atoms with E-state index in [-0.39, 0.29) is 0 Å². The molecule has 2 nitrogen and oxygen atoms in total. The Balaban J connectivity index is 2.79. The van der Waals surface area contributed by atoms with Crippen molar-refractivity contribution < 1.29 is 5.11 Å². The van der Waals surface area contributed by atoms with Gasteiger partial charge in [-0.3, -0.25) is 0 Å². The maximum absolute atomic E-state index is 10.8. The van der Waals surface area contributed by atoms with E-state index in [2.05, 4.69) is 19.6 Å². The van der Waals surface area contributed by atoms with Crippen LogP contribution in [-0.2, 0) is 0 Å². The van der Waals surface area contributed by atoms with E-state index < -0.39 is 11.0 Å². The zero-order valence-corrected chi connectivity index (χ0v) is 11.7. The quantitative estimate of drug-likeness (QED) is 0.432. The summed E-state index contributed by atoms with van der Waals surface area (Å²) in [5.74, 6) is 0. The molecule has 0 aromatic heterocycles. The summed E-state index contributed by atoms with van der Waals surface area (Å²) < 4.78 is 0. The molecular formula is C16H27NO. The Morgan fingerprint density at radius 1 is 1.22 bits per heavy atom. The first-order valence-electron chi connectivity index (χ1n) is 7.41. The Hall–Kier alpha value is -0.810. The van der Waals surface area contributed by atoms with Gasteiger partial charge in [-0.25, -0.2) is 0 Å². The van der Waals surface area contributed by atoms with Gasteiger partial charge in [0.1, 0.15) is 5.60 Å². The second kappa shape index (κ2) is 6.95. The zero-order valence-electron chi connectivity index (χ0n) is 11.7. The Kier molecular flexibility index (Phi) is 5.88. The van der Waals surface area contributed by atoms with Crippen LogP contribution in [0.3, 0.4) is 0 Å². The van der Waals surface area contributed by atoms with Crippen LogP contribution in [0.4, 0.5) is 0 Å². The maximum atomic E-state index is 10.8. The summed E-state index contributed by atoms with van der Waals surface area (Å²) in [6, 6.07) is 2.45. The molecule has 0 unspecified atom stereocenters. The zero-order chi connectivity index (χ0) is 13.5. The van der Waals surface area contributed by atoms with Gasteiger partial charge in [-0.2, -0.15) is 5.26 Å². The third-order valence-electron chi connectivity index (χ3n) is 4.50. The van der Waals surface area contributed by atoms with Crippen molar-refractivity contribution in [2.45, 2.75) is 76.7 Å². The number of aliphatic hydroxyl groups is 1.